The van der Waals surface area contributed by atoms with Gasteiger partial charge in [0.25, 0.3) is 0 Å². The van der Waals surface area contributed by atoms with Gasteiger partial charge in [0.1, 0.15) is 17.0 Å². The van der Waals surface area contributed by atoms with Gasteiger partial charge in [0, 0.05) is 36.6 Å². The summed E-state index contributed by atoms with van der Waals surface area (Å²) in [6.45, 7) is 10.9. The van der Waals surface area contributed by atoms with Crippen molar-refractivity contribution in [3.8, 4) is 11.1 Å². The van der Waals surface area contributed by atoms with Gasteiger partial charge in [0.2, 0.25) is 0 Å². The van der Waals surface area contributed by atoms with Gasteiger partial charge >= 0.3 is 24.3 Å². The molecule has 4 rings (SSSR count). The van der Waals surface area contributed by atoms with Crippen LogP contribution in [0.3, 0.4) is 0 Å². The number of rotatable bonds is 3. The van der Waals surface area contributed by atoms with E-state index in [2.05, 4.69) is 65.2 Å². The minimum Gasteiger partial charge on any atom is -0.475 e. The number of nitrogens with zero attached hydrogens (tertiary/aromatic N) is 4. The van der Waals surface area contributed by atoms with E-state index in [0.29, 0.717) is 6.04 Å². The Morgan fingerprint density at radius 2 is 1.54 bits per heavy atom. The minimum absolute atomic E-state index is 0.547. The second kappa shape index (κ2) is 13.1. The van der Waals surface area contributed by atoms with Crippen LogP contribution in [0.4, 0.5) is 32.2 Å². The molecule has 1 fully saturated rings. The highest BCUT2D eigenvalue weighted by atomic mass is 32.1. The number of aliphatic carboxylic acids is 2. The summed E-state index contributed by atoms with van der Waals surface area (Å²) in [5.41, 5.74) is 3.78. The molecule has 0 spiro atoms. The van der Waals surface area contributed by atoms with Crippen LogP contribution >= 0.6 is 11.3 Å². The van der Waals surface area contributed by atoms with Gasteiger partial charge < -0.3 is 15.1 Å². The van der Waals surface area contributed by atoms with E-state index >= 15 is 0 Å². The van der Waals surface area contributed by atoms with Gasteiger partial charge in [-0.15, -0.1) is 11.3 Å². The third-order valence-electron chi connectivity index (χ3n) is 5.67. The van der Waals surface area contributed by atoms with Crippen LogP contribution in [0.1, 0.15) is 19.4 Å². The average molecular weight is 581 g/mol. The maximum atomic E-state index is 10.6. The van der Waals surface area contributed by atoms with E-state index in [1.807, 2.05) is 0 Å². The third-order valence-corrected chi connectivity index (χ3v) is 6.55. The monoisotopic (exact) mass is 580 g/mol. The number of alkyl halides is 6. The average Bonchev–Trinajstić information content (AvgIpc) is 3.28. The number of thiophene rings is 1. The van der Waals surface area contributed by atoms with E-state index in [-0.39, 0.29) is 0 Å². The van der Waals surface area contributed by atoms with Gasteiger partial charge in [-0.1, -0.05) is 36.8 Å². The summed E-state index contributed by atoms with van der Waals surface area (Å²) in [7, 11) is 0. The standard InChI is InChI=1S/C20H24N4S.2C2HF3O2/c1-4-23-9-10-24(11-15(23)3)19-18-17(12-25-20(18)22-13-21-19)16-7-5-14(2)6-8-16;2*3-2(4,5)1(6)7/h5-8,12-13,15H,4,9-11H2,1-3H3;2*(H,6,7). The first-order valence-corrected chi connectivity index (χ1v) is 12.3. The Morgan fingerprint density at radius 3 is 2.00 bits per heavy atom. The predicted octanol–water partition coefficient (Wildman–Crippen LogP) is 5.46. The number of benzene rings is 1. The Kier molecular flexibility index (Phi) is 10.6. The van der Waals surface area contributed by atoms with Gasteiger partial charge in [-0.3, -0.25) is 4.90 Å². The molecule has 0 saturated carbocycles. The fourth-order valence-electron chi connectivity index (χ4n) is 3.70. The second-order valence-corrected chi connectivity index (χ2v) is 9.28. The maximum Gasteiger partial charge on any atom is 0.490 e. The summed E-state index contributed by atoms with van der Waals surface area (Å²) in [6.07, 6.45) is -8.45. The van der Waals surface area contributed by atoms with Crippen molar-refractivity contribution >= 4 is 39.3 Å². The highest BCUT2D eigenvalue weighted by Gasteiger charge is 2.38. The topological polar surface area (TPSA) is 107 Å². The molecule has 214 valence electrons. The van der Waals surface area contributed by atoms with E-state index in [1.165, 1.54) is 22.1 Å². The van der Waals surface area contributed by atoms with E-state index in [9.17, 15) is 26.3 Å². The summed E-state index contributed by atoms with van der Waals surface area (Å²) >= 11 is 1.71. The molecule has 2 N–H and O–H groups in total. The van der Waals surface area contributed by atoms with Crippen LogP contribution in [0.15, 0.2) is 36.0 Å². The van der Waals surface area contributed by atoms with Crippen molar-refractivity contribution in [3.05, 3.63) is 41.5 Å². The number of carboxylic acids is 2. The number of piperazine rings is 1. The van der Waals surface area contributed by atoms with Crippen LogP contribution in [-0.2, 0) is 9.59 Å². The highest BCUT2D eigenvalue weighted by Crippen LogP contribution is 2.38. The number of carbonyl (C=O) groups is 2. The second-order valence-electron chi connectivity index (χ2n) is 8.42. The lowest BCUT2D eigenvalue weighted by atomic mass is 10.0. The quantitative estimate of drug-likeness (QED) is 0.394. The Hall–Kier alpha value is -3.46. The molecule has 1 aliphatic rings. The number of anilines is 1. The van der Waals surface area contributed by atoms with Crippen LogP contribution in [0, 0.1) is 6.92 Å². The first kappa shape index (κ1) is 31.8. The number of hydrogen-bond acceptors (Lipinski definition) is 7. The van der Waals surface area contributed by atoms with Crippen LogP contribution < -0.4 is 4.90 Å². The summed E-state index contributed by atoms with van der Waals surface area (Å²) in [6, 6.07) is 9.29. The summed E-state index contributed by atoms with van der Waals surface area (Å²) < 4.78 is 63.5. The van der Waals surface area contributed by atoms with Crippen molar-refractivity contribution in [2.24, 2.45) is 0 Å². The largest absolute Gasteiger partial charge is 0.490 e. The number of likely N-dealkylation sites (N-methyl/N-ethyl adjacent to an activating group) is 1. The van der Waals surface area contributed by atoms with E-state index in [0.717, 1.165) is 36.8 Å². The molecule has 0 bridgehead atoms. The molecule has 3 heterocycles. The van der Waals surface area contributed by atoms with Crippen LogP contribution in [-0.4, -0.2) is 81.6 Å². The number of fused-ring (bicyclic) bond motifs is 1. The molecule has 39 heavy (non-hydrogen) atoms. The van der Waals surface area contributed by atoms with Crippen LogP contribution in [0.5, 0.6) is 0 Å². The minimum atomic E-state index is -5.08. The smallest absolute Gasteiger partial charge is 0.475 e. The zero-order chi connectivity index (χ0) is 29.5. The normalized spacial score (nSPS) is 16.1. The molecule has 0 amide bonds. The predicted molar refractivity (Wildman–Crippen MR) is 134 cm³/mol. The van der Waals surface area contributed by atoms with Crippen molar-refractivity contribution in [3.63, 3.8) is 0 Å². The molecule has 3 aromatic rings. The number of carboxylic acid groups (broad SMARTS) is 2. The number of aryl methyl sites for hydroxylation is 1. The van der Waals surface area contributed by atoms with Crippen molar-refractivity contribution in [2.45, 2.75) is 39.2 Å². The molecular weight excluding hydrogens is 554 g/mol. The van der Waals surface area contributed by atoms with Crippen molar-refractivity contribution < 1.29 is 46.1 Å². The van der Waals surface area contributed by atoms with Gasteiger partial charge in [-0.2, -0.15) is 26.3 Å². The summed E-state index contributed by atoms with van der Waals surface area (Å²) in [4.78, 5) is 33.0. The van der Waals surface area contributed by atoms with E-state index in [1.54, 1.807) is 17.7 Å². The Labute approximate surface area is 223 Å². The Balaban J connectivity index is 0.000000317. The summed E-state index contributed by atoms with van der Waals surface area (Å²) in [5.74, 6) is -4.43. The third kappa shape index (κ3) is 8.78. The molecule has 15 heteroatoms. The number of hydrogen-bond donors (Lipinski definition) is 2. The molecule has 0 radical (unpaired) electrons. The molecule has 1 aliphatic heterocycles. The SMILES string of the molecule is CCN1CCN(c2ncnc3scc(-c4ccc(C)cc4)c23)CC1C.O=C(O)C(F)(F)F.O=C(O)C(F)(F)F. The number of aromatic nitrogens is 2. The molecule has 1 unspecified atom stereocenters. The lowest BCUT2D eigenvalue weighted by molar-refractivity contribution is -0.193. The van der Waals surface area contributed by atoms with Crippen molar-refractivity contribution in [1.82, 2.24) is 14.9 Å². The first-order valence-electron chi connectivity index (χ1n) is 11.4. The fourth-order valence-corrected chi connectivity index (χ4v) is 4.61. The van der Waals surface area contributed by atoms with Crippen LogP contribution in [0.2, 0.25) is 0 Å². The molecule has 1 aromatic carbocycles. The fraction of sp³-hybridized carbons (Fsp3) is 0.417. The van der Waals surface area contributed by atoms with Crippen LogP contribution in [0.25, 0.3) is 21.3 Å². The molecule has 8 nitrogen and oxygen atoms in total. The van der Waals surface area contributed by atoms with E-state index < -0.39 is 24.3 Å². The number of halogens is 6. The molecule has 1 atom stereocenters. The Bertz CT molecular complexity index is 1240. The van der Waals surface area contributed by atoms with Gasteiger partial charge in [-0.05, 0) is 26.0 Å². The van der Waals surface area contributed by atoms with E-state index in [4.69, 9.17) is 24.8 Å². The molecule has 2 aromatic heterocycles. The van der Waals surface area contributed by atoms with Gasteiger partial charge in [0.15, 0.2) is 0 Å². The lowest BCUT2D eigenvalue weighted by Crippen LogP contribution is -2.52. The maximum absolute atomic E-state index is 10.6. The first-order chi connectivity index (χ1) is 18.1. The lowest BCUT2D eigenvalue weighted by Gasteiger charge is -2.40. The van der Waals surface area contributed by atoms with Crippen molar-refractivity contribution in [2.75, 3.05) is 31.1 Å². The van der Waals surface area contributed by atoms with Gasteiger partial charge in [-0.25, -0.2) is 19.6 Å². The molecule has 0 aliphatic carbocycles. The van der Waals surface area contributed by atoms with Gasteiger partial charge in [0.05, 0.1) is 5.39 Å². The Morgan fingerprint density at radius 1 is 1.00 bits per heavy atom. The zero-order valence-electron chi connectivity index (χ0n) is 21.0. The summed E-state index contributed by atoms with van der Waals surface area (Å²) in [5, 5.41) is 17.7. The zero-order valence-corrected chi connectivity index (χ0v) is 21.9. The highest BCUT2D eigenvalue weighted by molar-refractivity contribution is 7.17. The van der Waals surface area contributed by atoms with Crippen molar-refractivity contribution in [1.29, 1.82) is 0 Å². The molecule has 1 saturated heterocycles. The molecular formula is C24H26F6N4O4S.